The minimum absolute atomic E-state index is 0.0917. The molecule has 6 heteroatoms. The van der Waals surface area contributed by atoms with Gasteiger partial charge < -0.3 is 19.2 Å². The molecule has 3 rings (SSSR count). The second kappa shape index (κ2) is 7.95. The number of hydrogen-bond acceptors (Lipinski definition) is 5. The van der Waals surface area contributed by atoms with Crippen LogP contribution in [-0.2, 0) is 4.79 Å². The van der Waals surface area contributed by atoms with E-state index < -0.39 is 5.63 Å². The van der Waals surface area contributed by atoms with Gasteiger partial charge in [0.25, 0.3) is 5.91 Å². The normalized spacial score (nSPS) is 10.8. The van der Waals surface area contributed by atoms with E-state index in [4.69, 9.17) is 13.9 Å². The molecule has 0 unspecified atom stereocenters. The molecule has 0 aliphatic carbocycles. The molecular formula is C21H21NO5. The number of carbonyl (C=O) groups is 1. The predicted molar refractivity (Wildman–Crippen MR) is 104 cm³/mol. The number of nitrogens with one attached hydrogen (secondary N) is 1. The van der Waals surface area contributed by atoms with Crippen molar-refractivity contribution in [3.63, 3.8) is 0 Å². The summed E-state index contributed by atoms with van der Waals surface area (Å²) in [6.07, 6.45) is 0.0917. The second-order valence-corrected chi connectivity index (χ2v) is 6.43. The lowest BCUT2D eigenvalue weighted by Gasteiger charge is -2.11. The van der Waals surface area contributed by atoms with Gasteiger partial charge in [0.15, 0.2) is 6.61 Å². The van der Waals surface area contributed by atoms with Crippen LogP contribution in [0.15, 0.2) is 57.7 Å². The average Bonchev–Trinajstić information content (AvgIpc) is 2.61. The fourth-order valence-corrected chi connectivity index (χ4v) is 2.63. The Bertz CT molecular complexity index is 1010. The van der Waals surface area contributed by atoms with Crippen molar-refractivity contribution < 1.29 is 18.7 Å². The minimum atomic E-state index is -0.417. The van der Waals surface area contributed by atoms with Gasteiger partial charge in [-0.05, 0) is 62.7 Å². The molecule has 0 spiro atoms. The van der Waals surface area contributed by atoms with E-state index in [2.05, 4.69) is 5.32 Å². The summed E-state index contributed by atoms with van der Waals surface area (Å²) >= 11 is 0. The molecule has 0 fully saturated rings. The summed E-state index contributed by atoms with van der Waals surface area (Å²) in [5.41, 5.74) is 1.49. The third-order valence-electron chi connectivity index (χ3n) is 3.80. The Kier molecular flexibility index (Phi) is 5.45. The van der Waals surface area contributed by atoms with Crippen molar-refractivity contribution in [2.24, 2.45) is 0 Å². The zero-order valence-corrected chi connectivity index (χ0v) is 15.4. The van der Waals surface area contributed by atoms with Crippen LogP contribution < -0.4 is 20.4 Å². The molecule has 0 saturated carbocycles. The molecule has 0 radical (unpaired) electrons. The van der Waals surface area contributed by atoms with Crippen LogP contribution in [0.25, 0.3) is 11.0 Å². The Balaban J connectivity index is 1.60. The van der Waals surface area contributed by atoms with Gasteiger partial charge in [-0.15, -0.1) is 0 Å². The molecule has 1 N–H and O–H groups in total. The topological polar surface area (TPSA) is 77.8 Å². The summed E-state index contributed by atoms with van der Waals surface area (Å²) in [5.74, 6) is 0.901. The van der Waals surface area contributed by atoms with Crippen LogP contribution in [-0.4, -0.2) is 18.6 Å². The van der Waals surface area contributed by atoms with Crippen molar-refractivity contribution in [1.29, 1.82) is 0 Å². The molecule has 2 aromatic carbocycles. The number of ether oxygens (including phenoxy) is 2. The van der Waals surface area contributed by atoms with E-state index in [-0.39, 0.29) is 18.6 Å². The van der Waals surface area contributed by atoms with Gasteiger partial charge in [-0.2, -0.15) is 0 Å². The largest absolute Gasteiger partial charge is 0.491 e. The highest BCUT2D eigenvalue weighted by Crippen LogP contribution is 2.22. The van der Waals surface area contributed by atoms with E-state index in [9.17, 15) is 9.59 Å². The maximum absolute atomic E-state index is 12.1. The van der Waals surface area contributed by atoms with Crippen LogP contribution in [0.3, 0.4) is 0 Å². The Hall–Kier alpha value is -3.28. The number of anilines is 1. The number of fused-ring (bicyclic) bond motifs is 1. The first-order valence-electron chi connectivity index (χ1n) is 8.64. The maximum atomic E-state index is 12.1. The van der Waals surface area contributed by atoms with Crippen molar-refractivity contribution in [3.8, 4) is 11.5 Å². The van der Waals surface area contributed by atoms with Gasteiger partial charge in [0.05, 0.1) is 6.10 Å². The third kappa shape index (κ3) is 4.88. The molecular weight excluding hydrogens is 346 g/mol. The third-order valence-corrected chi connectivity index (χ3v) is 3.80. The first kappa shape index (κ1) is 18.5. The molecule has 0 saturated heterocycles. The number of carbonyl (C=O) groups excluding carboxylic acids is 1. The van der Waals surface area contributed by atoms with Gasteiger partial charge in [-0.1, -0.05) is 0 Å². The molecule has 0 aliphatic rings. The van der Waals surface area contributed by atoms with Crippen LogP contribution in [0.5, 0.6) is 11.5 Å². The van der Waals surface area contributed by atoms with Gasteiger partial charge in [0.2, 0.25) is 0 Å². The Labute approximate surface area is 156 Å². The number of rotatable bonds is 6. The number of hydrogen-bond donors (Lipinski definition) is 1. The van der Waals surface area contributed by atoms with Crippen molar-refractivity contribution in [3.05, 3.63) is 64.5 Å². The minimum Gasteiger partial charge on any atom is -0.491 e. The monoisotopic (exact) mass is 367 g/mol. The molecule has 1 aromatic heterocycles. The summed E-state index contributed by atoms with van der Waals surface area (Å²) in [6, 6.07) is 13.7. The summed E-state index contributed by atoms with van der Waals surface area (Å²) in [6.45, 7) is 5.58. The van der Waals surface area contributed by atoms with Gasteiger partial charge in [0.1, 0.15) is 17.1 Å². The van der Waals surface area contributed by atoms with Crippen molar-refractivity contribution in [2.45, 2.75) is 26.9 Å². The summed E-state index contributed by atoms with van der Waals surface area (Å²) in [7, 11) is 0. The maximum Gasteiger partial charge on any atom is 0.336 e. The van der Waals surface area contributed by atoms with Crippen LogP contribution >= 0.6 is 0 Å². The van der Waals surface area contributed by atoms with E-state index in [1.165, 1.54) is 6.07 Å². The Morgan fingerprint density at radius 2 is 1.78 bits per heavy atom. The van der Waals surface area contributed by atoms with Gasteiger partial charge in [0, 0.05) is 23.2 Å². The predicted octanol–water partition coefficient (Wildman–Crippen LogP) is 3.91. The highest BCUT2D eigenvalue weighted by Gasteiger charge is 2.07. The zero-order chi connectivity index (χ0) is 19.4. The number of benzene rings is 2. The van der Waals surface area contributed by atoms with E-state index in [1.54, 1.807) is 42.5 Å². The quantitative estimate of drug-likeness (QED) is 0.669. The van der Waals surface area contributed by atoms with Crippen LogP contribution in [0.1, 0.15) is 19.4 Å². The molecule has 1 heterocycles. The van der Waals surface area contributed by atoms with Gasteiger partial charge in [-0.3, -0.25) is 4.79 Å². The Morgan fingerprint density at radius 1 is 1.07 bits per heavy atom. The zero-order valence-electron chi connectivity index (χ0n) is 15.4. The molecule has 3 aromatic rings. The number of aryl methyl sites for hydroxylation is 1. The standard InChI is InChI=1S/C21H21NO5/c1-13(2)26-16-6-4-15(5-7-16)22-20(23)12-25-17-8-9-18-14(3)10-21(24)27-19(18)11-17/h4-11,13H,12H2,1-3H3,(H,22,23). The SMILES string of the molecule is Cc1cc(=O)oc2cc(OCC(=O)Nc3ccc(OC(C)C)cc3)ccc12. The van der Waals surface area contributed by atoms with Crippen molar-refractivity contribution >= 4 is 22.6 Å². The lowest BCUT2D eigenvalue weighted by atomic mass is 10.1. The first-order valence-corrected chi connectivity index (χ1v) is 8.64. The lowest BCUT2D eigenvalue weighted by Crippen LogP contribution is -2.20. The molecule has 6 nitrogen and oxygen atoms in total. The highest BCUT2D eigenvalue weighted by molar-refractivity contribution is 5.92. The fourth-order valence-electron chi connectivity index (χ4n) is 2.63. The van der Waals surface area contributed by atoms with Crippen LogP contribution in [0.4, 0.5) is 5.69 Å². The van der Waals surface area contributed by atoms with Crippen molar-refractivity contribution in [2.75, 3.05) is 11.9 Å². The number of amides is 1. The highest BCUT2D eigenvalue weighted by atomic mass is 16.5. The molecule has 27 heavy (non-hydrogen) atoms. The average molecular weight is 367 g/mol. The molecule has 140 valence electrons. The van der Waals surface area contributed by atoms with Crippen LogP contribution in [0.2, 0.25) is 0 Å². The van der Waals surface area contributed by atoms with E-state index in [1.807, 2.05) is 20.8 Å². The molecule has 0 bridgehead atoms. The molecule has 0 aliphatic heterocycles. The molecule has 1 amide bonds. The fraction of sp³-hybridized carbons (Fsp3) is 0.238. The van der Waals surface area contributed by atoms with Gasteiger partial charge in [-0.25, -0.2) is 4.79 Å². The summed E-state index contributed by atoms with van der Waals surface area (Å²) in [5, 5.41) is 3.58. The smallest absolute Gasteiger partial charge is 0.336 e. The lowest BCUT2D eigenvalue weighted by molar-refractivity contribution is -0.118. The molecule has 0 atom stereocenters. The van der Waals surface area contributed by atoms with E-state index in [0.717, 1.165) is 16.7 Å². The van der Waals surface area contributed by atoms with Crippen LogP contribution in [0, 0.1) is 6.92 Å². The first-order chi connectivity index (χ1) is 12.9. The Morgan fingerprint density at radius 3 is 2.48 bits per heavy atom. The van der Waals surface area contributed by atoms with E-state index in [0.29, 0.717) is 17.0 Å². The summed E-state index contributed by atoms with van der Waals surface area (Å²) < 4.78 is 16.2. The second-order valence-electron chi connectivity index (χ2n) is 6.43. The van der Waals surface area contributed by atoms with Crippen molar-refractivity contribution in [1.82, 2.24) is 0 Å². The summed E-state index contributed by atoms with van der Waals surface area (Å²) in [4.78, 5) is 23.6. The van der Waals surface area contributed by atoms with Gasteiger partial charge >= 0.3 is 5.63 Å². The van der Waals surface area contributed by atoms with E-state index >= 15 is 0 Å².